The third-order valence-corrected chi connectivity index (χ3v) is 3.40. The molecule has 1 heterocycles. The van der Waals surface area contributed by atoms with Crippen LogP contribution in [0.25, 0.3) is 0 Å². The molecular weight excluding hydrogens is 252 g/mol. The van der Waals surface area contributed by atoms with Crippen LogP contribution in [0.1, 0.15) is 33.6 Å². The zero-order valence-corrected chi connectivity index (χ0v) is 13.1. The molecule has 0 amide bonds. The van der Waals surface area contributed by atoms with Gasteiger partial charge in [0.05, 0.1) is 0 Å². The zero-order chi connectivity index (χ0) is 15.0. The first-order valence-electron chi connectivity index (χ1n) is 7.40. The fraction of sp³-hybridized carbons (Fsp3) is 0.714. The molecule has 0 aromatic carbocycles. The van der Waals surface area contributed by atoms with Crippen LogP contribution in [0.2, 0.25) is 0 Å². The summed E-state index contributed by atoms with van der Waals surface area (Å²) in [6.45, 7) is 9.95. The molecule has 1 atom stereocenters. The maximum Gasteiger partial charge on any atom is 0.223 e. The number of nitrogens with one attached hydrogen (secondary N) is 2. The van der Waals surface area contributed by atoms with Gasteiger partial charge in [-0.25, -0.2) is 0 Å². The first-order chi connectivity index (χ1) is 9.58. The highest BCUT2D eigenvalue weighted by molar-refractivity contribution is 5.50. The van der Waals surface area contributed by atoms with Gasteiger partial charge in [0.25, 0.3) is 0 Å². The fourth-order valence-electron chi connectivity index (χ4n) is 2.15. The van der Waals surface area contributed by atoms with Crippen molar-refractivity contribution in [3.63, 3.8) is 0 Å². The van der Waals surface area contributed by atoms with E-state index in [1.54, 1.807) is 0 Å². The summed E-state index contributed by atoms with van der Waals surface area (Å²) >= 11 is 0. The second-order valence-electron chi connectivity index (χ2n) is 4.96. The van der Waals surface area contributed by atoms with Gasteiger partial charge < -0.3 is 21.3 Å². The molecule has 1 aromatic rings. The SMILES string of the molecule is CCN(CC)CCCC(C)Nc1cc(NC)nc(N)n1. The first-order valence-corrected chi connectivity index (χ1v) is 7.40. The molecule has 1 rings (SSSR count). The zero-order valence-electron chi connectivity index (χ0n) is 13.1. The van der Waals surface area contributed by atoms with Gasteiger partial charge in [0.2, 0.25) is 5.95 Å². The molecule has 20 heavy (non-hydrogen) atoms. The van der Waals surface area contributed by atoms with E-state index in [0.717, 1.165) is 37.7 Å². The lowest BCUT2D eigenvalue weighted by Crippen LogP contribution is -2.25. The van der Waals surface area contributed by atoms with Crippen molar-refractivity contribution in [2.24, 2.45) is 0 Å². The van der Waals surface area contributed by atoms with Gasteiger partial charge in [-0.3, -0.25) is 0 Å². The number of nitrogens with zero attached hydrogens (tertiary/aromatic N) is 3. The van der Waals surface area contributed by atoms with E-state index in [-0.39, 0.29) is 5.95 Å². The Morgan fingerprint density at radius 3 is 2.50 bits per heavy atom. The van der Waals surface area contributed by atoms with Crippen molar-refractivity contribution in [1.29, 1.82) is 0 Å². The van der Waals surface area contributed by atoms with Gasteiger partial charge in [-0.05, 0) is 39.4 Å². The van der Waals surface area contributed by atoms with Crippen LogP contribution in [0.4, 0.5) is 17.6 Å². The summed E-state index contributed by atoms with van der Waals surface area (Å²) in [6, 6.07) is 2.24. The minimum atomic E-state index is 0.287. The Morgan fingerprint density at radius 1 is 1.25 bits per heavy atom. The topological polar surface area (TPSA) is 79.1 Å². The molecule has 1 aromatic heterocycles. The molecule has 1 unspecified atom stereocenters. The number of hydrogen-bond donors (Lipinski definition) is 3. The molecule has 0 aliphatic heterocycles. The Morgan fingerprint density at radius 2 is 1.90 bits per heavy atom. The summed E-state index contributed by atoms with van der Waals surface area (Å²) in [7, 11) is 1.82. The van der Waals surface area contributed by atoms with Gasteiger partial charge in [-0.15, -0.1) is 0 Å². The largest absolute Gasteiger partial charge is 0.373 e. The van der Waals surface area contributed by atoms with E-state index in [0.29, 0.717) is 6.04 Å². The molecule has 0 bridgehead atoms. The van der Waals surface area contributed by atoms with Crippen molar-refractivity contribution in [3.05, 3.63) is 6.07 Å². The smallest absolute Gasteiger partial charge is 0.223 e. The van der Waals surface area contributed by atoms with Crippen LogP contribution in [0.15, 0.2) is 6.07 Å². The number of rotatable bonds is 9. The standard InChI is InChI=1S/C14H28N6/c1-5-20(6-2)9-7-8-11(3)17-13-10-12(16-4)18-14(15)19-13/h10-11H,5-9H2,1-4H3,(H4,15,16,17,18,19). The summed E-state index contributed by atoms with van der Waals surface area (Å²) in [5.74, 6) is 1.79. The molecule has 0 aliphatic carbocycles. The maximum absolute atomic E-state index is 5.68. The highest BCUT2D eigenvalue weighted by Gasteiger charge is 2.07. The highest BCUT2D eigenvalue weighted by atomic mass is 15.1. The number of hydrogen-bond acceptors (Lipinski definition) is 6. The van der Waals surface area contributed by atoms with Gasteiger partial charge in [-0.1, -0.05) is 13.8 Å². The Balaban J connectivity index is 2.42. The summed E-state index contributed by atoms with van der Waals surface area (Å²) in [5.41, 5.74) is 5.68. The predicted molar refractivity (Wildman–Crippen MR) is 86.1 cm³/mol. The van der Waals surface area contributed by atoms with E-state index in [1.165, 1.54) is 6.42 Å². The number of nitrogen functional groups attached to an aromatic ring is 1. The van der Waals surface area contributed by atoms with Gasteiger partial charge in [0.1, 0.15) is 11.6 Å². The Labute approximate surface area is 122 Å². The number of anilines is 3. The van der Waals surface area contributed by atoms with Crippen molar-refractivity contribution < 1.29 is 0 Å². The van der Waals surface area contributed by atoms with Gasteiger partial charge >= 0.3 is 0 Å². The van der Waals surface area contributed by atoms with Gasteiger partial charge in [0, 0.05) is 19.2 Å². The van der Waals surface area contributed by atoms with Crippen molar-refractivity contribution >= 4 is 17.6 Å². The Bertz CT molecular complexity index is 391. The van der Waals surface area contributed by atoms with E-state index >= 15 is 0 Å². The Hall–Kier alpha value is -1.56. The Kier molecular flexibility index (Phi) is 7.08. The molecule has 0 spiro atoms. The minimum absolute atomic E-state index is 0.287. The average Bonchev–Trinajstić information content (AvgIpc) is 2.42. The highest BCUT2D eigenvalue weighted by Crippen LogP contribution is 2.14. The van der Waals surface area contributed by atoms with E-state index in [2.05, 4.69) is 46.3 Å². The molecule has 0 fully saturated rings. The molecule has 6 nitrogen and oxygen atoms in total. The number of aromatic nitrogens is 2. The summed E-state index contributed by atoms with van der Waals surface area (Å²) < 4.78 is 0. The lowest BCUT2D eigenvalue weighted by Gasteiger charge is -2.20. The van der Waals surface area contributed by atoms with Gasteiger partial charge in [-0.2, -0.15) is 9.97 Å². The normalized spacial score (nSPS) is 12.4. The summed E-state index contributed by atoms with van der Waals surface area (Å²) in [5, 5.41) is 6.35. The van der Waals surface area contributed by atoms with Crippen LogP contribution in [-0.2, 0) is 0 Å². The molecule has 0 aliphatic rings. The molecular formula is C14H28N6. The molecule has 0 saturated carbocycles. The van der Waals surface area contributed by atoms with Crippen LogP contribution >= 0.6 is 0 Å². The fourth-order valence-corrected chi connectivity index (χ4v) is 2.15. The van der Waals surface area contributed by atoms with Crippen LogP contribution in [0.5, 0.6) is 0 Å². The molecule has 0 saturated heterocycles. The lowest BCUT2D eigenvalue weighted by atomic mass is 10.1. The second kappa shape index (κ2) is 8.58. The average molecular weight is 280 g/mol. The molecule has 0 radical (unpaired) electrons. The first kappa shape index (κ1) is 16.5. The maximum atomic E-state index is 5.68. The van der Waals surface area contributed by atoms with Gasteiger partial charge in [0.15, 0.2) is 0 Å². The predicted octanol–water partition coefficient (Wildman–Crippen LogP) is 2.02. The van der Waals surface area contributed by atoms with E-state index in [1.807, 2.05) is 13.1 Å². The molecule has 114 valence electrons. The second-order valence-corrected chi connectivity index (χ2v) is 4.96. The quantitative estimate of drug-likeness (QED) is 0.642. The summed E-state index contributed by atoms with van der Waals surface area (Å²) in [6.07, 6.45) is 2.28. The number of nitrogens with two attached hydrogens (primary N) is 1. The van der Waals surface area contributed by atoms with Crippen molar-refractivity contribution in [1.82, 2.24) is 14.9 Å². The van der Waals surface area contributed by atoms with Crippen LogP contribution in [-0.4, -0.2) is 47.6 Å². The third kappa shape index (κ3) is 5.61. The van der Waals surface area contributed by atoms with E-state index in [9.17, 15) is 0 Å². The van der Waals surface area contributed by atoms with Crippen LogP contribution in [0.3, 0.4) is 0 Å². The van der Waals surface area contributed by atoms with E-state index < -0.39 is 0 Å². The van der Waals surface area contributed by atoms with Crippen molar-refractivity contribution in [2.75, 3.05) is 43.0 Å². The summed E-state index contributed by atoms with van der Waals surface area (Å²) in [4.78, 5) is 10.7. The van der Waals surface area contributed by atoms with Crippen molar-refractivity contribution in [2.45, 2.75) is 39.7 Å². The van der Waals surface area contributed by atoms with Crippen LogP contribution in [0, 0.1) is 0 Å². The lowest BCUT2D eigenvalue weighted by molar-refractivity contribution is 0.295. The third-order valence-electron chi connectivity index (χ3n) is 3.40. The van der Waals surface area contributed by atoms with E-state index in [4.69, 9.17) is 5.73 Å². The molecule has 4 N–H and O–H groups in total. The minimum Gasteiger partial charge on any atom is -0.373 e. The van der Waals surface area contributed by atoms with Crippen LogP contribution < -0.4 is 16.4 Å². The van der Waals surface area contributed by atoms with Crippen molar-refractivity contribution in [3.8, 4) is 0 Å². The monoisotopic (exact) mass is 280 g/mol. The molecule has 6 heteroatoms.